The highest BCUT2D eigenvalue weighted by Crippen LogP contribution is 2.23. The van der Waals surface area contributed by atoms with Crippen molar-refractivity contribution in [1.82, 2.24) is 10.3 Å². The number of rotatable bonds is 6. The molecule has 0 spiro atoms. The molecule has 1 rings (SSSR count). The minimum Gasteiger partial charge on any atom is -0.368 e. The molecule has 0 aliphatic heterocycles. The number of hydrogen-bond donors (Lipinski definition) is 2. The lowest BCUT2D eigenvalue weighted by molar-refractivity contribution is -0.126. The number of amides is 2. The minimum absolute atomic E-state index is 0.0860. The third-order valence-corrected chi connectivity index (χ3v) is 4.71. The largest absolute Gasteiger partial charge is 0.368 e. The SMILES string of the molecule is CC[C@@](NC(=O)c1csc(C(C)C)n1)(C(N)=O)C(C)C. The van der Waals surface area contributed by atoms with Gasteiger partial charge in [0.15, 0.2) is 0 Å². The summed E-state index contributed by atoms with van der Waals surface area (Å²) in [5, 5.41) is 5.40. The summed E-state index contributed by atoms with van der Waals surface area (Å²) in [7, 11) is 0. The van der Waals surface area contributed by atoms with Crippen LogP contribution in [0.5, 0.6) is 0 Å². The summed E-state index contributed by atoms with van der Waals surface area (Å²) in [5.41, 5.74) is 4.81. The molecule has 0 saturated carbocycles. The van der Waals surface area contributed by atoms with E-state index in [9.17, 15) is 9.59 Å². The molecule has 0 unspecified atom stereocenters. The molecule has 0 aromatic carbocycles. The van der Waals surface area contributed by atoms with Gasteiger partial charge in [0, 0.05) is 11.3 Å². The van der Waals surface area contributed by atoms with Gasteiger partial charge < -0.3 is 11.1 Å². The lowest BCUT2D eigenvalue weighted by Crippen LogP contribution is -2.60. The molecule has 5 nitrogen and oxygen atoms in total. The highest BCUT2D eigenvalue weighted by Gasteiger charge is 2.40. The van der Waals surface area contributed by atoms with Crippen molar-refractivity contribution >= 4 is 23.2 Å². The lowest BCUT2D eigenvalue weighted by atomic mass is 9.83. The number of primary amides is 1. The topological polar surface area (TPSA) is 85.1 Å². The Bertz CT molecular complexity index is 496. The summed E-state index contributed by atoms with van der Waals surface area (Å²) in [6.07, 6.45) is 0.451. The zero-order valence-electron chi connectivity index (χ0n) is 12.7. The summed E-state index contributed by atoms with van der Waals surface area (Å²) in [5.74, 6) is -0.666. The van der Waals surface area contributed by atoms with E-state index in [1.807, 2.05) is 34.6 Å². The first-order chi connectivity index (χ1) is 9.24. The molecule has 0 bridgehead atoms. The van der Waals surface area contributed by atoms with Crippen LogP contribution in [0, 0.1) is 5.92 Å². The summed E-state index contributed by atoms with van der Waals surface area (Å²) in [6.45, 7) is 9.62. The average Bonchev–Trinajstić information content (AvgIpc) is 2.84. The quantitative estimate of drug-likeness (QED) is 0.844. The van der Waals surface area contributed by atoms with Crippen molar-refractivity contribution in [2.24, 2.45) is 11.7 Å². The fourth-order valence-electron chi connectivity index (χ4n) is 2.09. The number of nitrogens with zero attached hydrogens (tertiary/aromatic N) is 1. The molecular formula is C14H23N3O2S. The third-order valence-electron chi connectivity index (χ3n) is 3.57. The first-order valence-corrected chi connectivity index (χ1v) is 7.70. The Morgan fingerprint density at radius 1 is 1.40 bits per heavy atom. The van der Waals surface area contributed by atoms with E-state index < -0.39 is 11.4 Å². The van der Waals surface area contributed by atoms with Crippen LogP contribution in [0.3, 0.4) is 0 Å². The molecule has 20 heavy (non-hydrogen) atoms. The molecule has 1 aromatic rings. The van der Waals surface area contributed by atoms with Crippen LogP contribution >= 0.6 is 11.3 Å². The number of nitrogens with two attached hydrogens (primary N) is 1. The number of nitrogens with one attached hydrogen (secondary N) is 1. The van der Waals surface area contributed by atoms with Crippen LogP contribution in [0.25, 0.3) is 0 Å². The molecular weight excluding hydrogens is 274 g/mol. The van der Waals surface area contributed by atoms with E-state index in [1.165, 1.54) is 11.3 Å². The van der Waals surface area contributed by atoms with Gasteiger partial charge in [-0.25, -0.2) is 4.98 Å². The summed E-state index contributed by atoms with van der Waals surface area (Å²) < 4.78 is 0. The molecule has 0 saturated heterocycles. The Labute approximate surface area is 124 Å². The minimum atomic E-state index is -1.03. The molecule has 6 heteroatoms. The van der Waals surface area contributed by atoms with Gasteiger partial charge in [-0.3, -0.25) is 9.59 Å². The van der Waals surface area contributed by atoms with Crippen LogP contribution in [0.4, 0.5) is 0 Å². The summed E-state index contributed by atoms with van der Waals surface area (Å²) in [6, 6.07) is 0. The highest BCUT2D eigenvalue weighted by atomic mass is 32.1. The van der Waals surface area contributed by atoms with Crippen LogP contribution in [0.1, 0.15) is 62.5 Å². The van der Waals surface area contributed by atoms with Crippen molar-refractivity contribution in [2.45, 2.75) is 52.5 Å². The second-order valence-electron chi connectivity index (χ2n) is 5.52. The predicted molar refractivity (Wildman–Crippen MR) is 80.7 cm³/mol. The van der Waals surface area contributed by atoms with E-state index >= 15 is 0 Å². The second-order valence-corrected chi connectivity index (χ2v) is 6.41. The molecule has 112 valence electrons. The van der Waals surface area contributed by atoms with Gasteiger partial charge in [0.1, 0.15) is 11.2 Å². The van der Waals surface area contributed by atoms with Gasteiger partial charge >= 0.3 is 0 Å². The van der Waals surface area contributed by atoms with Crippen LogP contribution in [0.15, 0.2) is 5.38 Å². The third kappa shape index (κ3) is 3.17. The van der Waals surface area contributed by atoms with Crippen molar-refractivity contribution in [3.05, 3.63) is 16.1 Å². The van der Waals surface area contributed by atoms with E-state index in [0.717, 1.165) is 5.01 Å². The maximum absolute atomic E-state index is 12.3. The van der Waals surface area contributed by atoms with Crippen molar-refractivity contribution < 1.29 is 9.59 Å². The normalized spacial score (nSPS) is 14.3. The van der Waals surface area contributed by atoms with Crippen molar-refractivity contribution in [1.29, 1.82) is 0 Å². The van der Waals surface area contributed by atoms with E-state index in [4.69, 9.17) is 5.73 Å². The molecule has 1 aromatic heterocycles. The standard InChI is InChI=1S/C14H23N3O2S/c1-6-14(9(4)5,13(15)19)17-11(18)10-7-20-12(16-10)8(2)3/h7-9H,6H2,1-5H3,(H2,15,19)(H,17,18)/t14-/m0/s1. The van der Waals surface area contributed by atoms with Gasteiger partial charge in [-0.1, -0.05) is 34.6 Å². The smallest absolute Gasteiger partial charge is 0.271 e. The monoisotopic (exact) mass is 297 g/mol. The molecule has 0 radical (unpaired) electrons. The first kappa shape index (κ1) is 16.6. The maximum atomic E-state index is 12.3. The van der Waals surface area contributed by atoms with Crippen LogP contribution in [0.2, 0.25) is 0 Å². The van der Waals surface area contributed by atoms with Crippen LogP contribution in [-0.2, 0) is 4.79 Å². The van der Waals surface area contributed by atoms with Gasteiger partial charge in [-0.15, -0.1) is 11.3 Å². The average molecular weight is 297 g/mol. The Morgan fingerprint density at radius 2 is 2.00 bits per heavy atom. The number of hydrogen-bond acceptors (Lipinski definition) is 4. The van der Waals surface area contributed by atoms with Gasteiger partial charge in [0.25, 0.3) is 5.91 Å². The van der Waals surface area contributed by atoms with Crippen molar-refractivity contribution in [2.75, 3.05) is 0 Å². The number of carbonyl (C=O) groups excluding carboxylic acids is 2. The number of aromatic nitrogens is 1. The zero-order valence-corrected chi connectivity index (χ0v) is 13.5. The van der Waals surface area contributed by atoms with Gasteiger partial charge in [0.05, 0.1) is 5.01 Å². The molecule has 1 atom stereocenters. The maximum Gasteiger partial charge on any atom is 0.271 e. The molecule has 0 aliphatic rings. The van der Waals surface area contributed by atoms with Crippen molar-refractivity contribution in [3.63, 3.8) is 0 Å². The lowest BCUT2D eigenvalue weighted by Gasteiger charge is -2.34. The van der Waals surface area contributed by atoms with E-state index in [-0.39, 0.29) is 17.7 Å². The van der Waals surface area contributed by atoms with Gasteiger partial charge in [-0.2, -0.15) is 0 Å². The predicted octanol–water partition coefficient (Wildman–Crippen LogP) is 2.29. The Balaban J connectivity index is 2.99. The van der Waals surface area contributed by atoms with Crippen LogP contribution < -0.4 is 11.1 Å². The summed E-state index contributed by atoms with van der Waals surface area (Å²) >= 11 is 1.45. The first-order valence-electron chi connectivity index (χ1n) is 6.82. The Hall–Kier alpha value is -1.43. The molecule has 1 heterocycles. The van der Waals surface area contributed by atoms with Crippen molar-refractivity contribution in [3.8, 4) is 0 Å². The summed E-state index contributed by atoms with van der Waals surface area (Å²) in [4.78, 5) is 28.4. The number of thiazole rings is 1. The fourth-order valence-corrected chi connectivity index (χ4v) is 2.90. The Kier molecular flexibility index (Phi) is 5.28. The Morgan fingerprint density at radius 3 is 2.35 bits per heavy atom. The van der Waals surface area contributed by atoms with Crippen LogP contribution in [-0.4, -0.2) is 22.3 Å². The zero-order chi connectivity index (χ0) is 15.5. The molecule has 0 aliphatic carbocycles. The van der Waals surface area contributed by atoms with E-state index in [2.05, 4.69) is 10.3 Å². The fraction of sp³-hybridized carbons (Fsp3) is 0.643. The molecule has 0 fully saturated rings. The highest BCUT2D eigenvalue weighted by molar-refractivity contribution is 7.09. The van der Waals surface area contributed by atoms with Gasteiger partial charge in [0.2, 0.25) is 5.91 Å². The second kappa shape index (κ2) is 6.35. The van der Waals surface area contributed by atoms with E-state index in [0.29, 0.717) is 12.1 Å². The molecule has 3 N–H and O–H groups in total. The van der Waals surface area contributed by atoms with Gasteiger partial charge in [-0.05, 0) is 12.3 Å². The van der Waals surface area contributed by atoms with E-state index in [1.54, 1.807) is 5.38 Å². The molecule has 2 amide bonds. The number of carbonyl (C=O) groups is 2.